The van der Waals surface area contributed by atoms with E-state index in [4.69, 9.17) is 9.47 Å². The average molecular weight is 308 g/mol. The fourth-order valence-corrected chi connectivity index (χ4v) is 5.36. The zero-order chi connectivity index (χ0) is 16.1. The lowest BCUT2D eigenvalue weighted by Crippen LogP contribution is -2.39. The Kier molecular flexibility index (Phi) is 4.30. The lowest BCUT2D eigenvalue weighted by atomic mass is 9.70. The molecule has 3 aliphatic rings. The first kappa shape index (κ1) is 16.3. The van der Waals surface area contributed by atoms with Gasteiger partial charge in [-0.1, -0.05) is 20.8 Å². The maximum atomic E-state index is 12.7. The molecule has 0 amide bonds. The Labute approximate surface area is 135 Å². The number of carbonyl (C=O) groups is 1. The van der Waals surface area contributed by atoms with Gasteiger partial charge in [-0.25, -0.2) is 0 Å². The fourth-order valence-electron chi connectivity index (χ4n) is 5.36. The van der Waals surface area contributed by atoms with E-state index in [-0.39, 0.29) is 17.5 Å². The Hall–Kier alpha value is -0.570. The summed E-state index contributed by atoms with van der Waals surface area (Å²) in [5.74, 6) is 2.63. The van der Waals surface area contributed by atoms with E-state index < -0.39 is 0 Å². The highest BCUT2D eigenvalue weighted by Crippen LogP contribution is 2.62. The van der Waals surface area contributed by atoms with Crippen molar-refractivity contribution < 1.29 is 14.3 Å². The molecule has 2 saturated carbocycles. The van der Waals surface area contributed by atoms with Crippen LogP contribution in [0.1, 0.15) is 66.7 Å². The van der Waals surface area contributed by atoms with E-state index in [2.05, 4.69) is 20.8 Å². The molecule has 0 radical (unpaired) electrons. The van der Waals surface area contributed by atoms with Crippen molar-refractivity contribution in [3.8, 4) is 0 Å². The molecule has 0 spiro atoms. The second-order valence-corrected chi connectivity index (χ2v) is 8.22. The third-order valence-corrected chi connectivity index (χ3v) is 6.68. The summed E-state index contributed by atoms with van der Waals surface area (Å²) in [4.78, 5) is 12.7. The van der Waals surface area contributed by atoms with Crippen molar-refractivity contribution in [3.05, 3.63) is 0 Å². The van der Waals surface area contributed by atoms with Crippen LogP contribution < -0.4 is 0 Å². The molecule has 0 aromatic carbocycles. The standard InChI is InChI=1S/C19H32O3/c1-6-14-16-11-9-12(17(16)15(7-2)21-14)13(10-11)18(20)22-19(4,5)8-3/h11-17H,6-10H2,1-5H3. The Balaban J connectivity index is 1.74. The summed E-state index contributed by atoms with van der Waals surface area (Å²) in [6.45, 7) is 10.6. The largest absolute Gasteiger partial charge is 0.459 e. The van der Waals surface area contributed by atoms with Crippen LogP contribution in [-0.4, -0.2) is 23.8 Å². The number of ether oxygens (including phenoxy) is 2. The molecule has 0 N–H and O–H groups in total. The van der Waals surface area contributed by atoms with Crippen molar-refractivity contribution in [1.29, 1.82) is 0 Å². The lowest BCUT2D eigenvalue weighted by molar-refractivity contribution is -0.165. The zero-order valence-corrected chi connectivity index (χ0v) is 14.8. The van der Waals surface area contributed by atoms with Crippen molar-refractivity contribution in [2.45, 2.75) is 84.5 Å². The fraction of sp³-hybridized carbons (Fsp3) is 0.947. The van der Waals surface area contributed by atoms with Crippen molar-refractivity contribution in [2.75, 3.05) is 0 Å². The van der Waals surface area contributed by atoms with E-state index in [1.54, 1.807) is 0 Å². The van der Waals surface area contributed by atoms with Gasteiger partial charge in [0.25, 0.3) is 0 Å². The molecule has 1 saturated heterocycles. The number of esters is 1. The second-order valence-electron chi connectivity index (χ2n) is 8.22. The zero-order valence-electron chi connectivity index (χ0n) is 14.8. The van der Waals surface area contributed by atoms with Gasteiger partial charge in [-0.05, 0) is 69.6 Å². The molecule has 3 nitrogen and oxygen atoms in total. The minimum Gasteiger partial charge on any atom is -0.459 e. The number of hydrogen-bond donors (Lipinski definition) is 0. The second kappa shape index (κ2) is 5.81. The van der Waals surface area contributed by atoms with Crippen LogP contribution in [0.25, 0.3) is 0 Å². The molecule has 1 aliphatic heterocycles. The number of carbonyl (C=O) groups excluding carboxylic acids is 1. The molecule has 7 unspecified atom stereocenters. The molecule has 1 heterocycles. The first-order valence-corrected chi connectivity index (χ1v) is 9.30. The quantitative estimate of drug-likeness (QED) is 0.714. The van der Waals surface area contributed by atoms with Crippen molar-refractivity contribution in [2.24, 2.45) is 29.6 Å². The summed E-state index contributed by atoms with van der Waals surface area (Å²) < 4.78 is 12.1. The maximum absolute atomic E-state index is 12.7. The first-order valence-electron chi connectivity index (χ1n) is 9.30. The van der Waals surface area contributed by atoms with Gasteiger partial charge in [0.2, 0.25) is 0 Å². The van der Waals surface area contributed by atoms with Gasteiger partial charge in [0.15, 0.2) is 0 Å². The summed E-state index contributed by atoms with van der Waals surface area (Å²) in [5.41, 5.74) is -0.333. The van der Waals surface area contributed by atoms with E-state index in [0.717, 1.165) is 25.7 Å². The van der Waals surface area contributed by atoms with Crippen LogP contribution >= 0.6 is 0 Å². The van der Waals surface area contributed by atoms with Gasteiger partial charge < -0.3 is 9.47 Å². The van der Waals surface area contributed by atoms with Gasteiger partial charge in [-0.15, -0.1) is 0 Å². The van der Waals surface area contributed by atoms with Crippen LogP contribution in [0, 0.1) is 29.6 Å². The van der Waals surface area contributed by atoms with Gasteiger partial charge in [0, 0.05) is 0 Å². The van der Waals surface area contributed by atoms with E-state index in [1.807, 2.05) is 13.8 Å². The van der Waals surface area contributed by atoms with Crippen LogP contribution in [0.15, 0.2) is 0 Å². The molecule has 3 heteroatoms. The molecule has 2 aliphatic carbocycles. The highest BCUT2D eigenvalue weighted by atomic mass is 16.6. The SMILES string of the molecule is CCC1OC(CC)C2C3CC(CC3C(=O)OC(C)(C)CC)C12. The number of rotatable bonds is 5. The van der Waals surface area contributed by atoms with Gasteiger partial charge >= 0.3 is 5.97 Å². The van der Waals surface area contributed by atoms with Gasteiger partial charge in [0.1, 0.15) is 5.60 Å². The Morgan fingerprint density at radius 2 is 1.73 bits per heavy atom. The van der Waals surface area contributed by atoms with Gasteiger partial charge in [-0.3, -0.25) is 4.79 Å². The molecule has 3 rings (SSSR count). The maximum Gasteiger partial charge on any atom is 0.309 e. The molecule has 0 aromatic heterocycles. The van der Waals surface area contributed by atoms with Crippen molar-refractivity contribution in [3.63, 3.8) is 0 Å². The molecular formula is C19H32O3. The Bertz CT molecular complexity index is 430. The summed E-state index contributed by atoms with van der Waals surface area (Å²) in [6, 6.07) is 0. The van der Waals surface area contributed by atoms with Crippen molar-refractivity contribution >= 4 is 5.97 Å². The molecule has 2 bridgehead atoms. The summed E-state index contributed by atoms with van der Waals surface area (Å²) in [7, 11) is 0. The average Bonchev–Trinajstić information content (AvgIpc) is 3.16. The highest BCUT2D eigenvalue weighted by Gasteiger charge is 2.62. The smallest absolute Gasteiger partial charge is 0.309 e. The molecule has 126 valence electrons. The van der Waals surface area contributed by atoms with E-state index in [9.17, 15) is 4.79 Å². The molecule has 0 aromatic rings. The highest BCUT2D eigenvalue weighted by molar-refractivity contribution is 5.74. The Morgan fingerprint density at radius 1 is 1.09 bits per heavy atom. The van der Waals surface area contributed by atoms with Crippen molar-refractivity contribution in [1.82, 2.24) is 0 Å². The minimum atomic E-state index is -0.333. The molecule has 7 atom stereocenters. The third-order valence-electron chi connectivity index (χ3n) is 6.68. The van der Waals surface area contributed by atoms with Gasteiger partial charge in [-0.2, -0.15) is 0 Å². The Morgan fingerprint density at radius 3 is 2.32 bits per heavy atom. The number of fused-ring (bicyclic) bond motifs is 5. The topological polar surface area (TPSA) is 35.5 Å². The predicted molar refractivity (Wildman–Crippen MR) is 86.4 cm³/mol. The third kappa shape index (κ3) is 2.50. The molecular weight excluding hydrogens is 276 g/mol. The normalized spacial score (nSPS) is 43.4. The monoisotopic (exact) mass is 308 g/mol. The summed E-state index contributed by atoms with van der Waals surface area (Å²) in [5, 5.41) is 0. The molecule has 3 fully saturated rings. The van der Waals surface area contributed by atoms with Crippen LogP contribution in [0.2, 0.25) is 0 Å². The van der Waals surface area contributed by atoms with Crippen LogP contribution in [0.3, 0.4) is 0 Å². The van der Waals surface area contributed by atoms with Crippen LogP contribution in [0.4, 0.5) is 0 Å². The molecule has 22 heavy (non-hydrogen) atoms. The summed E-state index contributed by atoms with van der Waals surface area (Å²) in [6.07, 6.45) is 6.08. The van der Waals surface area contributed by atoms with E-state index >= 15 is 0 Å². The van der Waals surface area contributed by atoms with E-state index in [1.165, 1.54) is 6.42 Å². The van der Waals surface area contributed by atoms with Crippen LogP contribution in [0.5, 0.6) is 0 Å². The lowest BCUT2D eigenvalue weighted by Gasteiger charge is -2.34. The van der Waals surface area contributed by atoms with E-state index in [0.29, 0.717) is 35.9 Å². The number of hydrogen-bond acceptors (Lipinski definition) is 3. The minimum absolute atomic E-state index is 0.0487. The van der Waals surface area contributed by atoms with Gasteiger partial charge in [0.05, 0.1) is 18.1 Å². The predicted octanol–water partition coefficient (Wildman–Crippen LogP) is 4.19. The first-order chi connectivity index (χ1) is 10.4. The summed E-state index contributed by atoms with van der Waals surface area (Å²) >= 11 is 0. The van der Waals surface area contributed by atoms with Crippen LogP contribution in [-0.2, 0) is 14.3 Å².